The number of fused-ring (bicyclic) bond motifs is 1. The van der Waals surface area contributed by atoms with Crippen molar-refractivity contribution in [1.82, 2.24) is 20.2 Å². The van der Waals surface area contributed by atoms with Crippen LogP contribution in [0.1, 0.15) is 4.88 Å². The van der Waals surface area contributed by atoms with Crippen LogP contribution in [0.25, 0.3) is 11.0 Å². The number of H-pyrrole nitrogens is 1. The number of rotatable bonds is 4. The Morgan fingerprint density at radius 2 is 2.39 bits per heavy atom. The molecule has 0 atom stereocenters. The van der Waals surface area contributed by atoms with Crippen molar-refractivity contribution in [3.63, 3.8) is 0 Å². The molecule has 92 valence electrons. The van der Waals surface area contributed by atoms with Gasteiger partial charge in [0.2, 0.25) is 11.8 Å². The van der Waals surface area contributed by atoms with E-state index in [1.165, 1.54) is 0 Å². The van der Waals surface area contributed by atoms with Gasteiger partial charge in [-0.2, -0.15) is 15.1 Å². The van der Waals surface area contributed by atoms with Crippen LogP contribution in [0.4, 0.5) is 5.95 Å². The van der Waals surface area contributed by atoms with Crippen LogP contribution in [0, 0.1) is 0 Å². The Balaban J connectivity index is 1.92. The second-order valence-corrected chi connectivity index (χ2v) is 4.53. The Labute approximate surface area is 106 Å². The highest BCUT2D eigenvalue weighted by Gasteiger charge is 2.10. The molecule has 7 nitrogen and oxygen atoms in total. The highest BCUT2D eigenvalue weighted by atomic mass is 32.1. The third-order valence-corrected chi connectivity index (χ3v) is 3.19. The Kier molecular flexibility index (Phi) is 2.79. The molecule has 0 aliphatic heterocycles. The van der Waals surface area contributed by atoms with Crippen LogP contribution in [0.5, 0.6) is 5.88 Å². The standard InChI is InChI=1S/C10H10N6OS/c11-15-10-13-8-7(4-12-16-8)9(14-10)17-5-6-2-1-3-18-6/h1-4H,5,11H2,(H2,12,13,14,15,16). The number of aromatic nitrogens is 4. The van der Waals surface area contributed by atoms with E-state index in [4.69, 9.17) is 10.6 Å². The van der Waals surface area contributed by atoms with Gasteiger partial charge in [-0.25, -0.2) is 5.84 Å². The van der Waals surface area contributed by atoms with E-state index in [-0.39, 0.29) is 5.95 Å². The fourth-order valence-electron chi connectivity index (χ4n) is 1.52. The number of nitrogens with two attached hydrogens (primary N) is 1. The molecular formula is C10H10N6OS. The number of hydrogen-bond donors (Lipinski definition) is 3. The first-order chi connectivity index (χ1) is 8.86. The van der Waals surface area contributed by atoms with E-state index in [9.17, 15) is 0 Å². The summed E-state index contributed by atoms with van der Waals surface area (Å²) in [5.41, 5.74) is 2.98. The predicted molar refractivity (Wildman–Crippen MR) is 68.1 cm³/mol. The van der Waals surface area contributed by atoms with E-state index < -0.39 is 0 Å². The molecule has 0 radical (unpaired) electrons. The maximum absolute atomic E-state index is 5.67. The van der Waals surface area contributed by atoms with Gasteiger partial charge >= 0.3 is 0 Å². The lowest BCUT2D eigenvalue weighted by molar-refractivity contribution is 0.301. The Bertz CT molecular complexity index is 649. The van der Waals surface area contributed by atoms with Crippen molar-refractivity contribution in [3.8, 4) is 5.88 Å². The van der Waals surface area contributed by atoms with Crippen molar-refractivity contribution in [2.45, 2.75) is 6.61 Å². The number of ether oxygens (including phenoxy) is 1. The summed E-state index contributed by atoms with van der Waals surface area (Å²) in [7, 11) is 0. The lowest BCUT2D eigenvalue weighted by Crippen LogP contribution is -2.11. The van der Waals surface area contributed by atoms with Gasteiger partial charge in [0, 0.05) is 4.88 Å². The molecule has 0 unspecified atom stereocenters. The van der Waals surface area contributed by atoms with Gasteiger partial charge in [0.05, 0.1) is 6.20 Å². The SMILES string of the molecule is NNc1nc(OCc2cccs2)c2cn[nH]c2n1. The zero-order valence-corrected chi connectivity index (χ0v) is 10.1. The minimum absolute atomic E-state index is 0.285. The second kappa shape index (κ2) is 4.59. The van der Waals surface area contributed by atoms with Crippen LogP contribution in [0.2, 0.25) is 0 Å². The average Bonchev–Trinajstić information content (AvgIpc) is 3.06. The molecule has 4 N–H and O–H groups in total. The van der Waals surface area contributed by atoms with Gasteiger partial charge in [-0.3, -0.25) is 10.5 Å². The van der Waals surface area contributed by atoms with Gasteiger partial charge in [-0.1, -0.05) is 6.07 Å². The number of nitrogens with one attached hydrogen (secondary N) is 2. The van der Waals surface area contributed by atoms with Crippen LogP contribution in [0.3, 0.4) is 0 Å². The minimum atomic E-state index is 0.285. The molecule has 0 amide bonds. The van der Waals surface area contributed by atoms with Crippen molar-refractivity contribution in [1.29, 1.82) is 0 Å². The maximum atomic E-state index is 5.67. The molecule has 0 spiro atoms. The Morgan fingerprint density at radius 1 is 1.44 bits per heavy atom. The summed E-state index contributed by atoms with van der Waals surface area (Å²) in [6, 6.07) is 3.98. The number of thiophene rings is 1. The molecule has 18 heavy (non-hydrogen) atoms. The van der Waals surface area contributed by atoms with E-state index in [2.05, 4.69) is 25.6 Å². The van der Waals surface area contributed by atoms with Crippen LogP contribution < -0.4 is 16.0 Å². The molecule has 0 aliphatic rings. The third-order valence-electron chi connectivity index (χ3n) is 2.34. The highest BCUT2D eigenvalue weighted by Crippen LogP contribution is 2.23. The number of anilines is 1. The average molecular weight is 262 g/mol. The number of nitrogen functional groups attached to an aromatic ring is 1. The lowest BCUT2D eigenvalue weighted by atomic mass is 10.4. The van der Waals surface area contributed by atoms with Crippen molar-refractivity contribution >= 4 is 28.3 Å². The number of aromatic amines is 1. The third kappa shape index (κ3) is 1.98. The predicted octanol–water partition coefficient (Wildman–Crippen LogP) is 1.28. The molecule has 0 fully saturated rings. The van der Waals surface area contributed by atoms with E-state index in [0.717, 1.165) is 10.3 Å². The van der Waals surface area contributed by atoms with Gasteiger partial charge in [-0.05, 0) is 11.4 Å². The molecule has 0 saturated carbocycles. The summed E-state index contributed by atoms with van der Waals surface area (Å²) in [5, 5.41) is 9.39. The molecule has 3 rings (SSSR count). The van der Waals surface area contributed by atoms with E-state index >= 15 is 0 Å². The topological polar surface area (TPSA) is 102 Å². The zero-order chi connectivity index (χ0) is 12.4. The number of hydrogen-bond acceptors (Lipinski definition) is 7. The Hall–Kier alpha value is -2.19. The summed E-state index contributed by atoms with van der Waals surface area (Å²) in [6.45, 7) is 0.457. The fraction of sp³-hybridized carbons (Fsp3) is 0.100. The molecule has 0 bridgehead atoms. The highest BCUT2D eigenvalue weighted by molar-refractivity contribution is 7.09. The second-order valence-electron chi connectivity index (χ2n) is 3.50. The summed E-state index contributed by atoms with van der Waals surface area (Å²) >= 11 is 1.63. The van der Waals surface area contributed by atoms with Crippen LogP contribution in [-0.2, 0) is 6.61 Å². The molecule has 3 aromatic rings. The van der Waals surface area contributed by atoms with Crippen molar-refractivity contribution in [2.75, 3.05) is 5.43 Å². The molecular weight excluding hydrogens is 252 g/mol. The van der Waals surface area contributed by atoms with Crippen LogP contribution >= 0.6 is 11.3 Å². The smallest absolute Gasteiger partial charge is 0.242 e. The van der Waals surface area contributed by atoms with Crippen molar-refractivity contribution < 1.29 is 4.74 Å². The van der Waals surface area contributed by atoms with Crippen molar-refractivity contribution in [3.05, 3.63) is 28.6 Å². The lowest BCUT2D eigenvalue weighted by Gasteiger charge is -2.06. The monoisotopic (exact) mass is 262 g/mol. The summed E-state index contributed by atoms with van der Waals surface area (Å²) < 4.78 is 5.67. The largest absolute Gasteiger partial charge is 0.471 e. The van der Waals surface area contributed by atoms with E-state index in [1.807, 2.05) is 17.5 Å². The van der Waals surface area contributed by atoms with Crippen LogP contribution in [0.15, 0.2) is 23.7 Å². The molecule has 3 heterocycles. The first kappa shape index (κ1) is 10.9. The molecule has 0 aromatic carbocycles. The van der Waals surface area contributed by atoms with Gasteiger partial charge in [-0.15, -0.1) is 11.3 Å². The van der Waals surface area contributed by atoms with Crippen molar-refractivity contribution in [2.24, 2.45) is 5.84 Å². The zero-order valence-electron chi connectivity index (χ0n) is 9.25. The fourth-order valence-corrected chi connectivity index (χ4v) is 2.13. The molecule has 3 aromatic heterocycles. The quantitative estimate of drug-likeness (QED) is 0.483. The van der Waals surface area contributed by atoms with E-state index in [1.54, 1.807) is 17.5 Å². The first-order valence-electron chi connectivity index (χ1n) is 5.20. The first-order valence-corrected chi connectivity index (χ1v) is 6.07. The molecule has 8 heteroatoms. The summed E-state index contributed by atoms with van der Waals surface area (Å²) in [4.78, 5) is 9.40. The molecule has 0 aliphatic carbocycles. The Morgan fingerprint density at radius 3 is 3.17 bits per heavy atom. The normalized spacial score (nSPS) is 10.7. The number of hydrazine groups is 1. The maximum Gasteiger partial charge on any atom is 0.242 e. The molecule has 0 saturated heterocycles. The van der Waals surface area contributed by atoms with Gasteiger partial charge in [0.25, 0.3) is 0 Å². The van der Waals surface area contributed by atoms with Gasteiger partial charge < -0.3 is 4.74 Å². The summed E-state index contributed by atoms with van der Waals surface area (Å²) in [6.07, 6.45) is 1.62. The van der Waals surface area contributed by atoms with E-state index in [0.29, 0.717) is 18.1 Å². The minimum Gasteiger partial charge on any atom is -0.471 e. The van der Waals surface area contributed by atoms with Crippen LogP contribution in [-0.4, -0.2) is 20.2 Å². The summed E-state index contributed by atoms with van der Waals surface area (Å²) in [5.74, 6) is 6.05. The van der Waals surface area contributed by atoms with Gasteiger partial charge in [0.15, 0.2) is 5.65 Å². The van der Waals surface area contributed by atoms with Gasteiger partial charge in [0.1, 0.15) is 12.0 Å². The number of nitrogens with zero attached hydrogens (tertiary/aromatic N) is 3.